The minimum Gasteiger partial charge on any atom is -0.497 e. The molecule has 7 nitrogen and oxygen atoms in total. The highest BCUT2D eigenvalue weighted by Crippen LogP contribution is 2.28. The largest absolute Gasteiger partial charge is 0.497 e. The van der Waals surface area contributed by atoms with Gasteiger partial charge in [0.25, 0.3) is 5.91 Å². The van der Waals surface area contributed by atoms with Gasteiger partial charge in [-0.3, -0.25) is 9.89 Å². The van der Waals surface area contributed by atoms with E-state index in [0.717, 1.165) is 5.52 Å². The molecule has 1 aromatic heterocycles. The summed E-state index contributed by atoms with van der Waals surface area (Å²) in [5, 5.41) is 10.5. The molecule has 0 aliphatic carbocycles. The number of benzene rings is 3. The number of anilines is 1. The van der Waals surface area contributed by atoms with Crippen molar-refractivity contribution in [2.45, 2.75) is 6.61 Å². The van der Waals surface area contributed by atoms with E-state index in [9.17, 15) is 9.18 Å². The van der Waals surface area contributed by atoms with Crippen LogP contribution in [-0.2, 0) is 6.61 Å². The molecule has 4 rings (SSSR count). The number of carbonyl (C=O) groups excluding carboxylic acids is 1. The van der Waals surface area contributed by atoms with Gasteiger partial charge < -0.3 is 19.5 Å². The van der Waals surface area contributed by atoms with E-state index in [4.69, 9.17) is 14.2 Å². The minimum atomic E-state index is -0.372. The van der Waals surface area contributed by atoms with E-state index >= 15 is 0 Å². The van der Waals surface area contributed by atoms with Crippen LogP contribution in [0.25, 0.3) is 10.9 Å². The number of halogens is 1. The molecule has 0 radical (unpaired) electrons. The van der Waals surface area contributed by atoms with Crippen LogP contribution in [0.15, 0.2) is 60.7 Å². The van der Waals surface area contributed by atoms with Crippen LogP contribution >= 0.6 is 0 Å². The first-order valence-electron chi connectivity index (χ1n) is 9.46. The van der Waals surface area contributed by atoms with E-state index in [0.29, 0.717) is 39.6 Å². The van der Waals surface area contributed by atoms with Crippen LogP contribution in [0.4, 0.5) is 10.2 Å². The Morgan fingerprint density at radius 2 is 1.74 bits per heavy atom. The lowest BCUT2D eigenvalue weighted by atomic mass is 10.1. The summed E-state index contributed by atoms with van der Waals surface area (Å²) >= 11 is 0. The first-order chi connectivity index (χ1) is 15.1. The predicted octanol–water partition coefficient (Wildman–Crippen LogP) is 4.55. The summed E-state index contributed by atoms with van der Waals surface area (Å²) < 4.78 is 30.0. The fraction of sp³-hybridized carbons (Fsp3) is 0.130. The summed E-state index contributed by atoms with van der Waals surface area (Å²) in [4.78, 5) is 12.8. The van der Waals surface area contributed by atoms with Gasteiger partial charge in [-0.2, -0.15) is 5.10 Å². The Morgan fingerprint density at radius 3 is 2.45 bits per heavy atom. The van der Waals surface area contributed by atoms with Crippen molar-refractivity contribution >= 4 is 22.6 Å². The normalized spacial score (nSPS) is 10.7. The number of nitrogens with zero attached hydrogens (tertiary/aromatic N) is 1. The SMILES string of the molecule is COc1cc(OC)cc(C(=O)Nc2n[nH]c3ccc(OCc4ccccc4F)cc23)c1. The number of methoxy groups -OCH3 is 2. The summed E-state index contributed by atoms with van der Waals surface area (Å²) in [6.07, 6.45) is 0. The number of rotatable bonds is 7. The molecule has 8 heteroatoms. The van der Waals surface area contributed by atoms with Crippen molar-refractivity contribution in [2.24, 2.45) is 0 Å². The Hall–Kier alpha value is -4.07. The zero-order chi connectivity index (χ0) is 21.8. The number of carbonyl (C=O) groups is 1. The summed E-state index contributed by atoms with van der Waals surface area (Å²) in [6.45, 7) is 0.0847. The van der Waals surface area contributed by atoms with Gasteiger partial charge in [0, 0.05) is 22.6 Å². The Kier molecular flexibility index (Phi) is 5.70. The van der Waals surface area contributed by atoms with Crippen LogP contribution in [0, 0.1) is 5.82 Å². The van der Waals surface area contributed by atoms with Crippen LogP contribution in [0.2, 0.25) is 0 Å². The third-order valence-corrected chi connectivity index (χ3v) is 4.73. The Labute approximate surface area is 177 Å². The monoisotopic (exact) mass is 421 g/mol. The van der Waals surface area contributed by atoms with Gasteiger partial charge in [0.05, 0.1) is 19.7 Å². The van der Waals surface area contributed by atoms with Crippen molar-refractivity contribution in [2.75, 3.05) is 19.5 Å². The highest BCUT2D eigenvalue weighted by Gasteiger charge is 2.14. The Balaban J connectivity index is 1.55. The number of fused-ring (bicyclic) bond motifs is 1. The first kappa shape index (κ1) is 20.2. The van der Waals surface area contributed by atoms with Gasteiger partial charge in [-0.05, 0) is 36.4 Å². The molecule has 4 aromatic rings. The van der Waals surface area contributed by atoms with Crippen molar-refractivity contribution < 1.29 is 23.4 Å². The van der Waals surface area contributed by atoms with E-state index in [1.807, 2.05) is 0 Å². The van der Waals surface area contributed by atoms with Crippen molar-refractivity contribution in [3.05, 3.63) is 77.6 Å². The Bertz CT molecular complexity index is 1220. The lowest BCUT2D eigenvalue weighted by Crippen LogP contribution is -2.12. The molecule has 3 aromatic carbocycles. The molecule has 0 saturated heterocycles. The van der Waals surface area contributed by atoms with Crippen LogP contribution in [0.5, 0.6) is 17.2 Å². The molecule has 1 heterocycles. The maximum Gasteiger partial charge on any atom is 0.257 e. The van der Waals surface area contributed by atoms with Crippen LogP contribution in [-0.4, -0.2) is 30.3 Å². The van der Waals surface area contributed by atoms with Crippen LogP contribution in [0.3, 0.4) is 0 Å². The molecule has 0 unspecified atom stereocenters. The van der Waals surface area contributed by atoms with E-state index < -0.39 is 0 Å². The number of amides is 1. The van der Waals surface area contributed by atoms with Crippen molar-refractivity contribution in [1.82, 2.24) is 10.2 Å². The molecule has 0 spiro atoms. The summed E-state index contributed by atoms with van der Waals surface area (Å²) in [5.41, 5.74) is 1.53. The average Bonchev–Trinajstić information content (AvgIpc) is 3.20. The van der Waals surface area contributed by atoms with E-state index in [2.05, 4.69) is 15.5 Å². The van der Waals surface area contributed by atoms with Crippen molar-refractivity contribution in [3.63, 3.8) is 0 Å². The maximum atomic E-state index is 13.8. The molecular formula is C23H20FN3O4. The third-order valence-electron chi connectivity index (χ3n) is 4.73. The maximum absolute atomic E-state index is 13.8. The lowest BCUT2D eigenvalue weighted by molar-refractivity contribution is 0.102. The van der Waals surface area contributed by atoms with Crippen molar-refractivity contribution in [3.8, 4) is 17.2 Å². The highest BCUT2D eigenvalue weighted by molar-refractivity contribution is 6.08. The van der Waals surface area contributed by atoms with E-state index in [-0.39, 0.29) is 18.3 Å². The summed E-state index contributed by atoms with van der Waals surface area (Å²) in [6, 6.07) is 16.6. The molecule has 0 fully saturated rings. The van der Waals surface area contributed by atoms with E-state index in [1.165, 1.54) is 20.3 Å². The molecular weight excluding hydrogens is 401 g/mol. The predicted molar refractivity (Wildman–Crippen MR) is 114 cm³/mol. The fourth-order valence-corrected chi connectivity index (χ4v) is 3.07. The van der Waals surface area contributed by atoms with Gasteiger partial charge in [0.15, 0.2) is 5.82 Å². The summed E-state index contributed by atoms with van der Waals surface area (Å²) in [5.74, 6) is 1.17. The van der Waals surface area contributed by atoms with Gasteiger partial charge in [-0.25, -0.2) is 4.39 Å². The molecule has 0 bridgehead atoms. The number of hydrogen-bond donors (Lipinski definition) is 2. The second-order valence-corrected chi connectivity index (χ2v) is 6.72. The average molecular weight is 421 g/mol. The molecule has 1 amide bonds. The molecule has 0 atom stereocenters. The number of ether oxygens (including phenoxy) is 3. The molecule has 158 valence electrons. The topological polar surface area (TPSA) is 85.5 Å². The first-order valence-corrected chi connectivity index (χ1v) is 9.46. The quantitative estimate of drug-likeness (QED) is 0.457. The fourth-order valence-electron chi connectivity index (χ4n) is 3.07. The number of nitrogens with one attached hydrogen (secondary N) is 2. The van der Waals surface area contributed by atoms with Gasteiger partial charge in [-0.15, -0.1) is 0 Å². The lowest BCUT2D eigenvalue weighted by Gasteiger charge is -2.09. The molecule has 2 N–H and O–H groups in total. The zero-order valence-electron chi connectivity index (χ0n) is 16.9. The molecule has 0 saturated carbocycles. The minimum absolute atomic E-state index is 0.0847. The zero-order valence-corrected chi connectivity index (χ0v) is 16.9. The molecule has 31 heavy (non-hydrogen) atoms. The standard InChI is InChI=1S/C23H20FN3O4/c1-29-17-9-15(10-18(11-17)30-2)23(28)25-22-19-12-16(7-8-21(19)26-27-22)31-13-14-5-3-4-6-20(14)24/h3-12H,13H2,1-2H3,(H2,25,26,27,28). The van der Waals surface area contributed by atoms with Gasteiger partial charge in [0.1, 0.15) is 29.7 Å². The van der Waals surface area contributed by atoms with Gasteiger partial charge in [0.2, 0.25) is 0 Å². The van der Waals surface area contributed by atoms with Gasteiger partial charge in [-0.1, -0.05) is 18.2 Å². The number of aromatic amines is 1. The van der Waals surface area contributed by atoms with Crippen LogP contribution in [0.1, 0.15) is 15.9 Å². The smallest absolute Gasteiger partial charge is 0.257 e. The number of H-pyrrole nitrogens is 1. The molecule has 0 aliphatic rings. The molecule has 0 aliphatic heterocycles. The Morgan fingerprint density at radius 1 is 1.00 bits per heavy atom. The van der Waals surface area contributed by atoms with Gasteiger partial charge >= 0.3 is 0 Å². The van der Waals surface area contributed by atoms with Crippen molar-refractivity contribution in [1.29, 1.82) is 0 Å². The second-order valence-electron chi connectivity index (χ2n) is 6.72. The third kappa shape index (κ3) is 4.42. The number of aromatic nitrogens is 2. The van der Waals surface area contributed by atoms with Crippen LogP contribution < -0.4 is 19.5 Å². The summed E-state index contributed by atoms with van der Waals surface area (Å²) in [7, 11) is 3.03. The second kappa shape index (κ2) is 8.74. The highest BCUT2D eigenvalue weighted by atomic mass is 19.1. The van der Waals surface area contributed by atoms with E-state index in [1.54, 1.807) is 54.6 Å². The number of hydrogen-bond acceptors (Lipinski definition) is 5.